The maximum absolute atomic E-state index is 11.1. The highest BCUT2D eigenvalue weighted by molar-refractivity contribution is 6.13. The van der Waals surface area contributed by atoms with Crippen LogP contribution in [0, 0.1) is 0 Å². The van der Waals surface area contributed by atoms with Gasteiger partial charge in [0, 0.05) is 39.5 Å². The van der Waals surface area contributed by atoms with Gasteiger partial charge in [0.1, 0.15) is 11.6 Å². The summed E-state index contributed by atoms with van der Waals surface area (Å²) < 4.78 is 4.47. The van der Waals surface area contributed by atoms with E-state index in [0.717, 1.165) is 72.3 Å². The fourth-order valence-corrected chi connectivity index (χ4v) is 7.70. The van der Waals surface area contributed by atoms with Crippen LogP contribution < -0.4 is 0 Å². The van der Waals surface area contributed by atoms with Crippen molar-refractivity contribution in [2.24, 2.45) is 0 Å². The second-order valence-corrected chi connectivity index (χ2v) is 13.2. The summed E-state index contributed by atoms with van der Waals surface area (Å²) in [6, 6.07) is 62.4. The molecule has 5 nitrogen and oxygen atoms in total. The molecule has 1 N–H and O–H groups in total. The second-order valence-electron chi connectivity index (χ2n) is 13.2. The highest BCUT2D eigenvalue weighted by Gasteiger charge is 2.22. The quantitative estimate of drug-likeness (QED) is 0.190. The lowest BCUT2D eigenvalue weighted by Crippen LogP contribution is -1.97. The zero-order valence-electron chi connectivity index (χ0n) is 28.6. The molecule has 0 saturated carbocycles. The van der Waals surface area contributed by atoms with Gasteiger partial charge in [0.05, 0.1) is 33.3 Å². The molecule has 0 atom stereocenters. The van der Waals surface area contributed by atoms with E-state index in [0.29, 0.717) is 11.4 Å². The normalized spacial score (nSPS) is 11.5. The van der Waals surface area contributed by atoms with E-state index >= 15 is 0 Å². The summed E-state index contributed by atoms with van der Waals surface area (Å²) in [5.74, 6) is 0.859. The van der Waals surface area contributed by atoms with Gasteiger partial charge < -0.3 is 9.67 Å². The molecule has 3 heterocycles. The number of para-hydroxylation sites is 5. The number of aromatic hydroxyl groups is 1. The van der Waals surface area contributed by atoms with Gasteiger partial charge >= 0.3 is 0 Å². The maximum atomic E-state index is 11.1. The molecular weight excluding hydrogens is 649 g/mol. The van der Waals surface area contributed by atoms with Crippen LogP contribution in [0.3, 0.4) is 0 Å². The molecular formula is C48H32N4O. The van der Waals surface area contributed by atoms with Crippen LogP contribution >= 0.6 is 0 Å². The topological polar surface area (TPSA) is 55.9 Å². The van der Waals surface area contributed by atoms with Gasteiger partial charge in [0.2, 0.25) is 0 Å². The Morgan fingerprint density at radius 2 is 1.04 bits per heavy atom. The van der Waals surface area contributed by atoms with Crippen LogP contribution in [0.5, 0.6) is 5.75 Å². The lowest BCUT2D eigenvalue weighted by molar-refractivity contribution is 0.477. The maximum Gasteiger partial charge on any atom is 0.149 e. The van der Waals surface area contributed by atoms with E-state index in [-0.39, 0.29) is 5.75 Å². The van der Waals surface area contributed by atoms with Gasteiger partial charge in [-0.15, -0.1) is 0 Å². The molecule has 53 heavy (non-hydrogen) atoms. The lowest BCUT2D eigenvalue weighted by atomic mass is 9.94. The summed E-state index contributed by atoms with van der Waals surface area (Å²) in [4.78, 5) is 10.4. The van der Waals surface area contributed by atoms with Gasteiger partial charge in [-0.1, -0.05) is 109 Å². The molecule has 0 bridgehead atoms. The fraction of sp³-hybridized carbons (Fsp3) is 0. The number of benzene rings is 7. The van der Waals surface area contributed by atoms with Crippen molar-refractivity contribution in [2.75, 3.05) is 0 Å². The van der Waals surface area contributed by atoms with Gasteiger partial charge in [-0.2, -0.15) is 0 Å². The van der Waals surface area contributed by atoms with Crippen molar-refractivity contribution in [3.8, 4) is 62.0 Å². The molecule has 0 fully saturated rings. The van der Waals surface area contributed by atoms with Crippen LogP contribution in [0.1, 0.15) is 0 Å². The third kappa shape index (κ3) is 5.09. The Kier molecular flexibility index (Phi) is 7.22. The first-order valence-electron chi connectivity index (χ1n) is 17.7. The Balaban J connectivity index is 1.27. The molecule has 0 aliphatic carbocycles. The van der Waals surface area contributed by atoms with E-state index in [9.17, 15) is 5.11 Å². The van der Waals surface area contributed by atoms with Gasteiger partial charge in [-0.3, -0.25) is 9.55 Å². The number of imidazole rings is 1. The number of rotatable bonds is 6. The van der Waals surface area contributed by atoms with E-state index in [1.807, 2.05) is 48.7 Å². The molecule has 250 valence electrons. The Morgan fingerprint density at radius 1 is 0.434 bits per heavy atom. The molecule has 3 aromatic heterocycles. The molecule has 10 aromatic rings. The van der Waals surface area contributed by atoms with Crippen molar-refractivity contribution < 1.29 is 5.11 Å². The van der Waals surface area contributed by atoms with E-state index in [4.69, 9.17) is 9.97 Å². The van der Waals surface area contributed by atoms with Crippen molar-refractivity contribution in [2.45, 2.75) is 0 Å². The summed E-state index contributed by atoms with van der Waals surface area (Å²) in [6.45, 7) is 0. The van der Waals surface area contributed by atoms with E-state index < -0.39 is 0 Å². The molecule has 0 spiro atoms. The van der Waals surface area contributed by atoms with Gasteiger partial charge in [-0.25, -0.2) is 4.98 Å². The number of hydrogen-bond donors (Lipinski definition) is 1. The van der Waals surface area contributed by atoms with Gasteiger partial charge in [0.25, 0.3) is 0 Å². The number of phenolic OH excluding ortho intramolecular Hbond substituents is 1. The van der Waals surface area contributed by atoms with Crippen LogP contribution in [0.4, 0.5) is 0 Å². The van der Waals surface area contributed by atoms with Crippen molar-refractivity contribution >= 4 is 32.8 Å². The molecule has 10 rings (SSSR count). The highest BCUT2D eigenvalue weighted by atomic mass is 16.3. The second kappa shape index (κ2) is 12.5. The molecule has 0 unspecified atom stereocenters. The van der Waals surface area contributed by atoms with Crippen molar-refractivity contribution in [3.63, 3.8) is 0 Å². The fourth-order valence-electron chi connectivity index (χ4n) is 7.70. The third-order valence-corrected chi connectivity index (χ3v) is 10.1. The first-order valence-corrected chi connectivity index (χ1v) is 17.7. The van der Waals surface area contributed by atoms with Crippen LogP contribution in [0.25, 0.3) is 89.1 Å². The minimum atomic E-state index is 0.183. The SMILES string of the molecule is Oc1ccccc1-c1nc2c(-c3cc(-c4ccccc4)cc(-c4nccc5c6ccccc6n(-c6ccccc6)c45)c3)cccc2n1-c1ccccc1. The van der Waals surface area contributed by atoms with Gasteiger partial charge in [0.15, 0.2) is 0 Å². The van der Waals surface area contributed by atoms with Crippen LogP contribution in [0.15, 0.2) is 188 Å². The molecule has 0 amide bonds. The Morgan fingerprint density at radius 3 is 1.81 bits per heavy atom. The molecule has 0 aliphatic heterocycles. The number of hydrogen-bond acceptors (Lipinski definition) is 3. The average molecular weight is 681 g/mol. The van der Waals surface area contributed by atoms with Crippen molar-refractivity contribution in [1.29, 1.82) is 0 Å². The molecule has 7 aromatic carbocycles. The first-order chi connectivity index (χ1) is 26.2. The summed E-state index contributed by atoms with van der Waals surface area (Å²) in [7, 11) is 0. The van der Waals surface area contributed by atoms with Crippen LogP contribution in [-0.4, -0.2) is 24.2 Å². The first kappa shape index (κ1) is 30.6. The number of pyridine rings is 1. The summed E-state index contributed by atoms with van der Waals surface area (Å²) >= 11 is 0. The molecule has 0 saturated heterocycles. The van der Waals surface area contributed by atoms with E-state index in [1.54, 1.807) is 6.07 Å². The predicted octanol–water partition coefficient (Wildman–Crippen LogP) is 11.9. The molecule has 5 heteroatoms. The van der Waals surface area contributed by atoms with Crippen LogP contribution in [0.2, 0.25) is 0 Å². The average Bonchev–Trinajstić information content (AvgIpc) is 3.78. The zero-order valence-corrected chi connectivity index (χ0v) is 28.6. The Bertz CT molecular complexity index is 2950. The standard InChI is InChI=1S/C48H32N4O/c53-44-26-13-11-22-41(44)48-50-46-38(23-14-25-43(46)52(48)37-19-8-3-9-20-37)34-29-33(32-15-4-1-5-16-32)30-35(31-34)45-47-40(27-28-49-45)39-21-10-12-24-42(39)51(47)36-17-6-2-7-18-36/h1-31,53H. The Hall–Kier alpha value is -7.24. The number of fused-ring (bicyclic) bond motifs is 4. The minimum Gasteiger partial charge on any atom is -0.507 e. The molecule has 0 aliphatic rings. The minimum absolute atomic E-state index is 0.183. The smallest absolute Gasteiger partial charge is 0.149 e. The van der Waals surface area contributed by atoms with Gasteiger partial charge in [-0.05, 0) is 89.5 Å². The highest BCUT2D eigenvalue weighted by Crippen LogP contribution is 2.42. The summed E-state index contributed by atoms with van der Waals surface area (Å²) in [6.07, 6.45) is 1.93. The molecule has 0 radical (unpaired) electrons. The van der Waals surface area contributed by atoms with Crippen LogP contribution in [-0.2, 0) is 0 Å². The summed E-state index contributed by atoms with van der Waals surface area (Å²) in [5, 5.41) is 13.4. The van der Waals surface area contributed by atoms with Crippen molar-refractivity contribution in [1.82, 2.24) is 19.1 Å². The largest absolute Gasteiger partial charge is 0.507 e. The Labute approximate surface area is 306 Å². The summed E-state index contributed by atoms with van der Waals surface area (Å²) in [5.41, 5.74) is 12.8. The monoisotopic (exact) mass is 680 g/mol. The van der Waals surface area contributed by atoms with E-state index in [1.165, 1.54) is 5.39 Å². The number of phenols is 1. The predicted molar refractivity (Wildman–Crippen MR) is 217 cm³/mol. The zero-order chi connectivity index (χ0) is 35.3. The number of nitrogens with zero attached hydrogens (tertiary/aromatic N) is 4. The van der Waals surface area contributed by atoms with Crippen molar-refractivity contribution in [3.05, 3.63) is 188 Å². The number of aromatic nitrogens is 4. The lowest BCUT2D eigenvalue weighted by Gasteiger charge is -2.14. The van der Waals surface area contributed by atoms with E-state index in [2.05, 4.69) is 143 Å². The third-order valence-electron chi connectivity index (χ3n) is 10.1.